The van der Waals surface area contributed by atoms with E-state index in [4.69, 9.17) is 28.6 Å². The second kappa shape index (κ2) is 8.69. The number of benzene rings is 2. The molecule has 0 fully saturated rings. The fraction of sp³-hybridized carbons (Fsp3) is 0.200. The molecule has 3 aromatic rings. The minimum absolute atomic E-state index is 0.137. The number of thiophene rings is 1. The Labute approximate surface area is 172 Å². The van der Waals surface area contributed by atoms with Crippen molar-refractivity contribution in [3.8, 4) is 5.75 Å². The number of hydrogen-bond acceptors (Lipinski definition) is 4. The molecular formula is C20H19ClN2O2S2. The zero-order valence-corrected chi connectivity index (χ0v) is 17.3. The lowest BCUT2D eigenvalue weighted by Crippen LogP contribution is -2.38. The molecule has 0 aliphatic carbocycles. The highest BCUT2D eigenvalue weighted by atomic mass is 35.5. The molecule has 1 heterocycles. The van der Waals surface area contributed by atoms with E-state index in [1.165, 1.54) is 11.3 Å². The van der Waals surface area contributed by atoms with Crippen LogP contribution in [0, 0.1) is 0 Å². The fourth-order valence-corrected chi connectivity index (χ4v) is 4.08. The van der Waals surface area contributed by atoms with Crippen LogP contribution in [0.4, 0.5) is 0 Å². The quantitative estimate of drug-likeness (QED) is 0.563. The molecule has 0 saturated heterocycles. The summed E-state index contributed by atoms with van der Waals surface area (Å²) >= 11 is 12.9. The van der Waals surface area contributed by atoms with Crippen molar-refractivity contribution in [3.63, 3.8) is 0 Å². The number of halogens is 1. The summed E-state index contributed by atoms with van der Waals surface area (Å²) in [7, 11) is 0. The van der Waals surface area contributed by atoms with E-state index in [-0.39, 0.29) is 17.1 Å². The molecule has 0 radical (unpaired) electrons. The standard InChI is InChI=1S/C20H19ClN2O2S2/c1-12(2)25-14-9-7-13(8-10-14)11-22-20(26)23-19(24)18-17(21)15-5-3-4-6-16(15)27-18/h3-10,12H,11H2,1-2H3,(H2,22,23,24,26). The molecule has 0 aliphatic heterocycles. The largest absolute Gasteiger partial charge is 0.491 e. The van der Waals surface area contributed by atoms with Gasteiger partial charge in [-0.2, -0.15) is 0 Å². The van der Waals surface area contributed by atoms with Gasteiger partial charge in [-0.1, -0.05) is 41.9 Å². The Balaban J connectivity index is 1.57. The van der Waals surface area contributed by atoms with Crippen LogP contribution in [0.1, 0.15) is 29.1 Å². The van der Waals surface area contributed by atoms with Crippen LogP contribution >= 0.6 is 35.2 Å². The smallest absolute Gasteiger partial charge is 0.269 e. The van der Waals surface area contributed by atoms with Gasteiger partial charge in [0.05, 0.1) is 11.1 Å². The highest BCUT2D eigenvalue weighted by Crippen LogP contribution is 2.34. The SMILES string of the molecule is CC(C)Oc1ccc(CNC(=S)NC(=O)c2sc3ccccc3c2Cl)cc1. The molecule has 0 saturated carbocycles. The van der Waals surface area contributed by atoms with Crippen LogP contribution in [0.25, 0.3) is 10.1 Å². The molecule has 0 bridgehead atoms. The highest BCUT2D eigenvalue weighted by molar-refractivity contribution is 7.80. The van der Waals surface area contributed by atoms with Gasteiger partial charge in [-0.25, -0.2) is 0 Å². The molecule has 4 nitrogen and oxygen atoms in total. The van der Waals surface area contributed by atoms with Crippen molar-refractivity contribution in [1.82, 2.24) is 10.6 Å². The molecule has 2 N–H and O–H groups in total. The Morgan fingerprint density at radius 2 is 1.89 bits per heavy atom. The lowest BCUT2D eigenvalue weighted by molar-refractivity contribution is 0.0981. The van der Waals surface area contributed by atoms with E-state index in [0.717, 1.165) is 21.4 Å². The number of carbonyl (C=O) groups excluding carboxylic acids is 1. The lowest BCUT2D eigenvalue weighted by atomic mass is 10.2. The molecule has 2 aromatic carbocycles. The molecule has 0 atom stereocenters. The van der Waals surface area contributed by atoms with Crippen molar-refractivity contribution in [3.05, 3.63) is 64.0 Å². The average Bonchev–Trinajstić information content (AvgIpc) is 2.98. The first-order valence-corrected chi connectivity index (χ1v) is 10.1. The van der Waals surface area contributed by atoms with Crippen molar-refractivity contribution >= 4 is 56.3 Å². The molecule has 140 valence electrons. The van der Waals surface area contributed by atoms with Crippen molar-refractivity contribution in [1.29, 1.82) is 0 Å². The number of thiocarbonyl (C=S) groups is 1. The molecule has 7 heteroatoms. The van der Waals surface area contributed by atoms with Crippen LogP contribution in [-0.2, 0) is 6.54 Å². The van der Waals surface area contributed by atoms with E-state index in [2.05, 4.69) is 10.6 Å². The van der Waals surface area contributed by atoms with Gasteiger partial charge in [0, 0.05) is 16.6 Å². The number of hydrogen-bond donors (Lipinski definition) is 2. The third-order valence-corrected chi connectivity index (χ3v) is 5.64. The first-order valence-electron chi connectivity index (χ1n) is 8.46. The van der Waals surface area contributed by atoms with Gasteiger partial charge in [-0.05, 0) is 49.8 Å². The summed E-state index contributed by atoms with van der Waals surface area (Å²) in [5.41, 5.74) is 1.03. The first kappa shape index (κ1) is 19.6. The average molecular weight is 419 g/mol. The first-order chi connectivity index (χ1) is 12.9. The third kappa shape index (κ3) is 4.97. The van der Waals surface area contributed by atoms with Gasteiger partial charge >= 0.3 is 0 Å². The molecule has 3 rings (SSSR count). The zero-order chi connectivity index (χ0) is 19.4. The number of fused-ring (bicyclic) bond motifs is 1. The van der Waals surface area contributed by atoms with Crippen LogP contribution in [-0.4, -0.2) is 17.1 Å². The van der Waals surface area contributed by atoms with E-state index >= 15 is 0 Å². The summed E-state index contributed by atoms with van der Waals surface area (Å²) in [4.78, 5) is 12.9. The Bertz CT molecular complexity index is 968. The predicted octanol–water partition coefficient (Wildman–Crippen LogP) is 5.15. The maximum absolute atomic E-state index is 12.5. The summed E-state index contributed by atoms with van der Waals surface area (Å²) in [6, 6.07) is 15.4. The van der Waals surface area contributed by atoms with Gasteiger partial charge in [0.25, 0.3) is 5.91 Å². The summed E-state index contributed by atoms with van der Waals surface area (Å²) in [5.74, 6) is 0.517. The number of carbonyl (C=O) groups is 1. The van der Waals surface area contributed by atoms with Gasteiger partial charge in [0.2, 0.25) is 0 Å². The second-order valence-electron chi connectivity index (χ2n) is 6.19. The number of nitrogens with one attached hydrogen (secondary N) is 2. The third-order valence-electron chi connectivity index (χ3n) is 3.72. The fourth-order valence-electron chi connectivity index (χ4n) is 2.50. The van der Waals surface area contributed by atoms with Crippen LogP contribution in [0.5, 0.6) is 5.75 Å². The summed E-state index contributed by atoms with van der Waals surface area (Å²) < 4.78 is 6.59. The molecular weight excluding hydrogens is 400 g/mol. The summed E-state index contributed by atoms with van der Waals surface area (Å²) in [6.45, 7) is 4.47. The van der Waals surface area contributed by atoms with Gasteiger partial charge in [0.15, 0.2) is 5.11 Å². The maximum atomic E-state index is 12.5. The second-order valence-corrected chi connectivity index (χ2v) is 8.03. The Morgan fingerprint density at radius 3 is 2.56 bits per heavy atom. The number of ether oxygens (including phenoxy) is 1. The molecule has 1 aromatic heterocycles. The van der Waals surface area contributed by atoms with Crippen molar-refractivity contribution in [2.24, 2.45) is 0 Å². The van der Waals surface area contributed by atoms with E-state index in [0.29, 0.717) is 16.4 Å². The zero-order valence-electron chi connectivity index (χ0n) is 14.9. The lowest BCUT2D eigenvalue weighted by Gasteiger charge is -2.11. The highest BCUT2D eigenvalue weighted by Gasteiger charge is 2.17. The van der Waals surface area contributed by atoms with Crippen LogP contribution in [0.2, 0.25) is 5.02 Å². The molecule has 27 heavy (non-hydrogen) atoms. The van der Waals surface area contributed by atoms with Crippen molar-refractivity contribution < 1.29 is 9.53 Å². The van der Waals surface area contributed by atoms with Crippen LogP contribution in [0.3, 0.4) is 0 Å². The summed E-state index contributed by atoms with van der Waals surface area (Å²) in [6.07, 6.45) is 0.137. The normalized spacial score (nSPS) is 10.8. The van der Waals surface area contributed by atoms with E-state index in [1.807, 2.05) is 62.4 Å². The Hall–Kier alpha value is -2.15. The minimum atomic E-state index is -0.306. The molecule has 0 aliphatic rings. The molecule has 1 amide bonds. The van der Waals surface area contributed by atoms with Gasteiger partial charge in [-0.15, -0.1) is 11.3 Å². The molecule has 0 unspecified atom stereocenters. The maximum Gasteiger partial charge on any atom is 0.269 e. The molecule has 0 spiro atoms. The van der Waals surface area contributed by atoms with Crippen LogP contribution in [0.15, 0.2) is 48.5 Å². The van der Waals surface area contributed by atoms with Crippen molar-refractivity contribution in [2.45, 2.75) is 26.5 Å². The topological polar surface area (TPSA) is 50.4 Å². The van der Waals surface area contributed by atoms with E-state index in [9.17, 15) is 4.79 Å². The van der Waals surface area contributed by atoms with Crippen LogP contribution < -0.4 is 15.4 Å². The van der Waals surface area contributed by atoms with Gasteiger partial charge in [-0.3, -0.25) is 10.1 Å². The van der Waals surface area contributed by atoms with Gasteiger partial charge in [0.1, 0.15) is 10.6 Å². The number of amides is 1. The Kier molecular flexibility index (Phi) is 6.31. The monoisotopic (exact) mass is 418 g/mol. The predicted molar refractivity (Wildman–Crippen MR) is 116 cm³/mol. The van der Waals surface area contributed by atoms with Crippen molar-refractivity contribution in [2.75, 3.05) is 0 Å². The Morgan fingerprint density at radius 1 is 1.19 bits per heavy atom. The van der Waals surface area contributed by atoms with Gasteiger partial charge < -0.3 is 10.1 Å². The minimum Gasteiger partial charge on any atom is -0.491 e. The summed E-state index contributed by atoms with van der Waals surface area (Å²) in [5, 5.41) is 7.31. The van der Waals surface area contributed by atoms with E-state index in [1.54, 1.807) is 0 Å². The van der Waals surface area contributed by atoms with E-state index < -0.39 is 0 Å². The number of rotatable bonds is 5.